The van der Waals surface area contributed by atoms with Gasteiger partial charge in [0, 0.05) is 66.4 Å². The van der Waals surface area contributed by atoms with E-state index < -0.39 is 0 Å². The second-order valence-electron chi connectivity index (χ2n) is 14.1. The summed E-state index contributed by atoms with van der Waals surface area (Å²) in [4.78, 5) is 30.3. The molecule has 2 aromatic heterocycles. The molecule has 0 bridgehead atoms. The van der Waals surface area contributed by atoms with E-state index in [1.807, 2.05) is 52.1 Å². The zero-order chi connectivity index (χ0) is 34.8. The summed E-state index contributed by atoms with van der Waals surface area (Å²) in [5.74, 6) is -0.443. The molecule has 1 N–H and O–H groups in total. The van der Waals surface area contributed by atoms with E-state index in [1.165, 1.54) is 68.6 Å². The third-order valence-corrected chi connectivity index (χ3v) is 11.1. The maximum absolute atomic E-state index is 13.3. The predicted molar refractivity (Wildman–Crippen MR) is 192 cm³/mol. The number of para-hydroxylation sites is 2. The number of nitrogens with zero attached hydrogens (tertiary/aromatic N) is 5. The fourth-order valence-corrected chi connectivity index (χ4v) is 8.58. The van der Waals surface area contributed by atoms with Crippen molar-refractivity contribution in [2.75, 3.05) is 20.1 Å². The summed E-state index contributed by atoms with van der Waals surface area (Å²) in [6.07, 6.45) is 1.77. The normalized spacial score (nSPS) is 19.1. The number of likely N-dealkylation sites (N-methyl/N-ethyl adjacent to an activating group) is 1. The smallest absolute Gasteiger partial charge is 0.320 e. The number of benzene rings is 4. The van der Waals surface area contributed by atoms with E-state index >= 15 is 0 Å². The van der Waals surface area contributed by atoms with Crippen molar-refractivity contribution in [2.45, 2.75) is 51.1 Å². The second-order valence-corrected chi connectivity index (χ2v) is 14.1. The average molecular weight is 685 g/mol. The molecule has 6 heterocycles. The lowest BCUT2D eigenvalue weighted by Crippen LogP contribution is -2.39. The van der Waals surface area contributed by atoms with Gasteiger partial charge >= 0.3 is 12.1 Å². The fourth-order valence-electron chi connectivity index (χ4n) is 8.58. The molecule has 2 unspecified atom stereocenters. The molecule has 4 aliphatic heterocycles. The van der Waals surface area contributed by atoms with Crippen LogP contribution < -0.4 is 5.32 Å². The van der Waals surface area contributed by atoms with Gasteiger partial charge in [0.2, 0.25) is 0 Å². The van der Waals surface area contributed by atoms with Gasteiger partial charge in [0.15, 0.2) is 0 Å². The van der Waals surface area contributed by atoms with Gasteiger partial charge in [0.1, 0.15) is 11.6 Å². The van der Waals surface area contributed by atoms with Crippen molar-refractivity contribution in [2.24, 2.45) is 0 Å². The van der Waals surface area contributed by atoms with Gasteiger partial charge in [-0.2, -0.15) is 0 Å². The molecule has 4 aliphatic rings. The van der Waals surface area contributed by atoms with Crippen LogP contribution in [0.15, 0.2) is 97.1 Å². The van der Waals surface area contributed by atoms with E-state index in [9.17, 15) is 18.4 Å². The lowest BCUT2D eigenvalue weighted by atomic mass is 9.98. The number of amides is 4. The van der Waals surface area contributed by atoms with E-state index in [0.29, 0.717) is 26.2 Å². The number of carbonyl (C=O) groups is 2. The molecule has 2 atom stereocenters. The van der Waals surface area contributed by atoms with Gasteiger partial charge in [-0.05, 0) is 71.5 Å². The Morgan fingerprint density at radius 3 is 1.69 bits per heavy atom. The van der Waals surface area contributed by atoms with Crippen molar-refractivity contribution in [3.63, 3.8) is 0 Å². The van der Waals surface area contributed by atoms with Gasteiger partial charge in [-0.1, -0.05) is 60.7 Å². The van der Waals surface area contributed by atoms with Gasteiger partial charge in [0.05, 0.1) is 25.2 Å². The number of urea groups is 2. The Bertz CT molecular complexity index is 2310. The predicted octanol–water partition coefficient (Wildman–Crippen LogP) is 6.90. The average Bonchev–Trinajstić information content (AvgIpc) is 3.85. The highest BCUT2D eigenvalue weighted by Crippen LogP contribution is 2.37. The van der Waals surface area contributed by atoms with E-state index in [1.54, 1.807) is 0 Å². The van der Waals surface area contributed by atoms with Crippen LogP contribution in [-0.2, 0) is 39.0 Å². The summed E-state index contributed by atoms with van der Waals surface area (Å²) < 4.78 is 31.1. The van der Waals surface area contributed by atoms with Crippen molar-refractivity contribution in [3.05, 3.63) is 142 Å². The van der Waals surface area contributed by atoms with Crippen LogP contribution in [0, 0.1) is 11.6 Å². The highest BCUT2D eigenvalue weighted by Gasteiger charge is 2.41. The van der Waals surface area contributed by atoms with Crippen molar-refractivity contribution in [1.29, 1.82) is 0 Å². The Morgan fingerprint density at radius 1 is 0.647 bits per heavy atom. The van der Waals surface area contributed by atoms with E-state index in [0.717, 1.165) is 37.1 Å². The lowest BCUT2D eigenvalue weighted by molar-refractivity contribution is 0.183. The molecular weight excluding hydrogens is 646 g/mol. The van der Waals surface area contributed by atoms with Crippen LogP contribution in [0.1, 0.15) is 33.6 Å². The van der Waals surface area contributed by atoms with Gasteiger partial charge in [-0.15, -0.1) is 0 Å². The number of carbonyl (C=O) groups excluding carboxylic acids is 2. The van der Waals surface area contributed by atoms with E-state index in [2.05, 4.69) is 56.9 Å². The van der Waals surface area contributed by atoms with Crippen LogP contribution in [0.3, 0.4) is 0 Å². The maximum Gasteiger partial charge on any atom is 0.320 e. The maximum atomic E-state index is 13.3. The van der Waals surface area contributed by atoms with Gasteiger partial charge in [0.25, 0.3) is 0 Å². The Morgan fingerprint density at radius 2 is 1.14 bits per heavy atom. The van der Waals surface area contributed by atoms with Crippen LogP contribution >= 0.6 is 0 Å². The molecule has 0 saturated carbocycles. The minimum absolute atomic E-state index is 0.0224. The zero-order valence-corrected chi connectivity index (χ0v) is 28.4. The van der Waals surface area contributed by atoms with Crippen LogP contribution in [0.4, 0.5) is 18.4 Å². The third kappa shape index (κ3) is 5.40. The number of hydrogen-bond acceptors (Lipinski definition) is 2. The first kappa shape index (κ1) is 31.3. The second kappa shape index (κ2) is 12.3. The standard InChI is InChI=1S/C21H20FN3O.C20H18FN3O/c1-23-12-16-10-18-17-4-2-3-5-19(17)25(20(18)13-24(16)21(23)26)11-14-6-8-15(22)9-7-14;21-14-7-5-13(6-8-14)11-24-18-4-2-1-3-16(18)17-9-15-10-22-20(25)23(15)12-19(17)24/h2-9,16H,10-13H2,1H3;1-8,15H,9-12H2,(H,22,25). The quantitative estimate of drug-likeness (QED) is 0.220. The molecule has 51 heavy (non-hydrogen) atoms. The van der Waals surface area contributed by atoms with Crippen molar-refractivity contribution >= 4 is 33.9 Å². The summed E-state index contributed by atoms with van der Waals surface area (Å²) in [6.45, 7) is 4.13. The molecule has 10 rings (SSSR count). The van der Waals surface area contributed by atoms with Crippen LogP contribution in [-0.4, -0.2) is 68.1 Å². The number of rotatable bonds is 4. The summed E-state index contributed by atoms with van der Waals surface area (Å²) in [7, 11) is 1.87. The number of nitrogens with one attached hydrogen (secondary N) is 1. The Balaban J connectivity index is 0.000000137. The van der Waals surface area contributed by atoms with Gasteiger partial charge in [-0.3, -0.25) is 0 Å². The Labute approximate surface area is 294 Å². The first-order chi connectivity index (χ1) is 24.8. The van der Waals surface area contributed by atoms with E-state index in [4.69, 9.17) is 0 Å². The SMILES string of the molecule is CN1CC2Cc3c(n(Cc4ccc(F)cc4)c4ccccc34)CN2C1=O.O=C1NCC2Cc3c(n(Cc4ccc(F)cc4)c4ccccc34)CN12. The minimum atomic E-state index is -0.222. The van der Waals surface area contributed by atoms with Crippen molar-refractivity contribution < 1.29 is 18.4 Å². The fraction of sp³-hybridized carbons (Fsp3) is 0.268. The molecular formula is C41H38F2N6O2. The molecule has 258 valence electrons. The topological polar surface area (TPSA) is 65.8 Å². The Kier molecular flexibility index (Phi) is 7.56. The molecule has 2 fully saturated rings. The first-order valence-electron chi connectivity index (χ1n) is 17.6. The molecule has 8 nitrogen and oxygen atoms in total. The molecule has 0 aliphatic carbocycles. The summed E-state index contributed by atoms with van der Waals surface area (Å²) in [6, 6.07) is 30.8. The molecule has 6 aromatic rings. The van der Waals surface area contributed by atoms with Crippen molar-refractivity contribution in [3.8, 4) is 0 Å². The van der Waals surface area contributed by atoms with Crippen LogP contribution in [0.2, 0.25) is 0 Å². The summed E-state index contributed by atoms with van der Waals surface area (Å²) in [5.41, 5.74) is 9.57. The van der Waals surface area contributed by atoms with Crippen molar-refractivity contribution in [1.82, 2.24) is 29.2 Å². The summed E-state index contributed by atoms with van der Waals surface area (Å²) >= 11 is 0. The molecule has 0 spiro atoms. The number of fused-ring (bicyclic) bond motifs is 8. The lowest BCUT2D eigenvalue weighted by Gasteiger charge is -2.29. The minimum Gasteiger partial charge on any atom is -0.338 e. The molecule has 0 radical (unpaired) electrons. The summed E-state index contributed by atoms with van der Waals surface area (Å²) in [5, 5.41) is 5.48. The number of hydrogen-bond donors (Lipinski definition) is 1. The third-order valence-electron chi connectivity index (χ3n) is 11.1. The molecule has 4 amide bonds. The monoisotopic (exact) mass is 684 g/mol. The first-order valence-corrected chi connectivity index (χ1v) is 17.6. The number of aromatic nitrogens is 2. The molecule has 2 saturated heterocycles. The highest BCUT2D eigenvalue weighted by atomic mass is 19.1. The van der Waals surface area contributed by atoms with Crippen LogP contribution in [0.5, 0.6) is 0 Å². The highest BCUT2D eigenvalue weighted by molar-refractivity contribution is 5.88. The molecule has 4 aromatic carbocycles. The van der Waals surface area contributed by atoms with Gasteiger partial charge in [-0.25, -0.2) is 18.4 Å². The molecule has 10 heteroatoms. The zero-order valence-electron chi connectivity index (χ0n) is 28.4. The van der Waals surface area contributed by atoms with E-state index in [-0.39, 0.29) is 35.8 Å². The van der Waals surface area contributed by atoms with Gasteiger partial charge < -0.3 is 29.2 Å². The largest absolute Gasteiger partial charge is 0.338 e. The number of halogens is 2. The Hall–Kier alpha value is -5.64. The van der Waals surface area contributed by atoms with Crippen LogP contribution in [0.25, 0.3) is 21.8 Å².